The predicted molar refractivity (Wildman–Crippen MR) is 181 cm³/mol. The molecule has 9 heteroatoms. The van der Waals surface area contributed by atoms with Crippen LogP contribution in [-0.4, -0.2) is 46.9 Å². The second-order valence-electron chi connectivity index (χ2n) is 13.5. The van der Waals surface area contributed by atoms with Gasteiger partial charge in [-0.25, -0.2) is 0 Å². The molecule has 0 amide bonds. The molecule has 1 fully saturated rings. The van der Waals surface area contributed by atoms with Crippen LogP contribution < -0.4 is 14.2 Å². The van der Waals surface area contributed by atoms with Gasteiger partial charge in [0.2, 0.25) is 0 Å². The number of ketones is 2. The highest BCUT2D eigenvalue weighted by Gasteiger charge is 2.51. The van der Waals surface area contributed by atoms with Gasteiger partial charge in [-0.3, -0.25) is 14.5 Å². The molecule has 1 aliphatic heterocycles. The summed E-state index contributed by atoms with van der Waals surface area (Å²) in [6.45, 7) is 4.59. The molecule has 8 rings (SSSR count). The van der Waals surface area contributed by atoms with Gasteiger partial charge in [-0.1, -0.05) is 67.6 Å². The number of likely N-dealkylation sites (tertiary alicyclic amines) is 1. The van der Waals surface area contributed by atoms with E-state index in [1.54, 1.807) is 7.11 Å². The van der Waals surface area contributed by atoms with Gasteiger partial charge >= 0.3 is 0 Å². The summed E-state index contributed by atoms with van der Waals surface area (Å²) in [5, 5.41) is 16.0. The van der Waals surface area contributed by atoms with Gasteiger partial charge in [-0.15, -0.1) is 0 Å². The van der Waals surface area contributed by atoms with Crippen molar-refractivity contribution in [1.29, 1.82) is 0 Å². The van der Waals surface area contributed by atoms with Gasteiger partial charge < -0.3 is 23.8 Å². The molecule has 1 saturated heterocycles. The summed E-state index contributed by atoms with van der Waals surface area (Å²) >= 11 is 0. The molecule has 3 aromatic carbocycles. The molecule has 1 N–H and O–H groups in total. The fourth-order valence-corrected chi connectivity index (χ4v) is 8.59. The topological polar surface area (TPSA) is 111 Å². The summed E-state index contributed by atoms with van der Waals surface area (Å²) in [4.78, 5) is 31.3. The van der Waals surface area contributed by atoms with E-state index in [2.05, 4.69) is 17.0 Å². The van der Waals surface area contributed by atoms with Gasteiger partial charge in [0.05, 0.1) is 18.6 Å². The summed E-state index contributed by atoms with van der Waals surface area (Å²) in [7, 11) is 1.67. The molecule has 252 valence electrons. The van der Waals surface area contributed by atoms with Gasteiger partial charge in [0.15, 0.2) is 17.3 Å². The molecule has 0 radical (unpaired) electrons. The number of Topliss-reactive ketones (excluding diaryl/α,β-unsaturated/α-hetero) is 2. The first-order valence-corrected chi connectivity index (χ1v) is 17.3. The molecular weight excluding hydrogens is 620 g/mol. The molecule has 2 heterocycles. The SMILES string of the molecule is CCN1CCCC1c1cc(OCc2ccccc2)c2c(c1OC)CC1CC3Cc4onc(OCc5ccccc5)c4C(=O)C3C(O)=C1C2=O. The molecule has 4 aliphatic rings. The Morgan fingerprint density at radius 2 is 1.67 bits per heavy atom. The minimum atomic E-state index is -0.880. The zero-order chi connectivity index (χ0) is 33.6. The Kier molecular flexibility index (Phi) is 8.23. The highest BCUT2D eigenvalue weighted by molar-refractivity contribution is 6.15. The number of ether oxygens (including phenoxy) is 3. The fourth-order valence-electron chi connectivity index (χ4n) is 8.59. The van der Waals surface area contributed by atoms with E-state index in [1.165, 1.54) is 0 Å². The Labute approximate surface area is 285 Å². The molecule has 49 heavy (non-hydrogen) atoms. The minimum Gasteiger partial charge on any atom is -0.511 e. The van der Waals surface area contributed by atoms with Gasteiger partial charge in [-0.05, 0) is 73.0 Å². The zero-order valence-corrected chi connectivity index (χ0v) is 27.8. The second kappa shape index (κ2) is 12.9. The average Bonchev–Trinajstić information content (AvgIpc) is 3.77. The Bertz CT molecular complexity index is 1930. The zero-order valence-electron chi connectivity index (χ0n) is 27.8. The number of fused-ring (bicyclic) bond motifs is 4. The Morgan fingerprint density at radius 1 is 0.959 bits per heavy atom. The number of carbonyl (C=O) groups is 2. The number of nitrogens with zero attached hydrogens (tertiary/aromatic N) is 2. The van der Waals surface area contributed by atoms with E-state index < -0.39 is 5.92 Å². The van der Waals surface area contributed by atoms with E-state index in [-0.39, 0.29) is 59.9 Å². The monoisotopic (exact) mass is 660 g/mol. The van der Waals surface area contributed by atoms with Crippen LogP contribution in [-0.2, 0) is 26.1 Å². The second-order valence-corrected chi connectivity index (χ2v) is 13.5. The maximum absolute atomic E-state index is 14.7. The molecule has 4 aromatic rings. The lowest BCUT2D eigenvalue weighted by Crippen LogP contribution is -2.42. The third kappa shape index (κ3) is 5.40. The number of aliphatic hydroxyl groups is 1. The van der Waals surface area contributed by atoms with Gasteiger partial charge in [0, 0.05) is 29.2 Å². The first-order valence-electron chi connectivity index (χ1n) is 17.3. The Morgan fingerprint density at radius 3 is 2.37 bits per heavy atom. The minimum absolute atomic E-state index is 0.115. The number of allylic oxidation sites excluding steroid dienone is 2. The predicted octanol–water partition coefficient (Wildman–Crippen LogP) is 7.24. The number of hydrogen-bond acceptors (Lipinski definition) is 9. The van der Waals surface area contributed by atoms with E-state index in [0.717, 1.165) is 53.9 Å². The number of rotatable bonds is 9. The highest BCUT2D eigenvalue weighted by Crippen LogP contribution is 2.53. The molecule has 3 aliphatic carbocycles. The molecule has 0 bridgehead atoms. The van der Waals surface area contributed by atoms with Crippen LogP contribution in [0.1, 0.15) is 81.0 Å². The Hall–Kier alpha value is -4.89. The number of aromatic nitrogens is 1. The molecular formula is C40H40N2O7. The van der Waals surface area contributed by atoms with Crippen molar-refractivity contribution in [2.75, 3.05) is 20.2 Å². The summed E-state index contributed by atoms with van der Waals surface area (Å²) in [5.74, 6) is -0.423. The van der Waals surface area contributed by atoms with E-state index in [4.69, 9.17) is 18.7 Å². The first kappa shape index (κ1) is 31.4. The van der Waals surface area contributed by atoms with Crippen LogP contribution in [0.2, 0.25) is 0 Å². The van der Waals surface area contributed by atoms with Crippen molar-refractivity contribution < 1.29 is 33.4 Å². The molecule has 0 spiro atoms. The summed E-state index contributed by atoms with van der Waals surface area (Å²) < 4.78 is 24.2. The number of carbonyl (C=O) groups excluding carboxylic acids is 2. The van der Waals surface area contributed by atoms with Crippen LogP contribution in [0.5, 0.6) is 17.4 Å². The van der Waals surface area contributed by atoms with Crippen LogP contribution in [0.4, 0.5) is 0 Å². The van der Waals surface area contributed by atoms with Crippen molar-refractivity contribution in [3.8, 4) is 17.4 Å². The number of methoxy groups -OCH3 is 1. The maximum Gasteiger partial charge on any atom is 0.265 e. The molecule has 4 unspecified atom stereocenters. The standard InChI is InChI=1S/C40H40N2O7/c1-3-42-16-10-15-29(42)27-20-30(47-21-23-11-6-4-7-12-23)34-28(39(27)46-2)18-25-17-26-19-31-35(38(45)33(26)36(43)32(25)37(34)44)40(41-49-31)48-22-24-13-8-5-9-14-24/h4-9,11-14,20,25-26,29,33,43H,3,10,15-19,21-22H2,1-2H3. The molecule has 4 atom stereocenters. The van der Waals surface area contributed by atoms with Crippen molar-refractivity contribution in [2.24, 2.45) is 17.8 Å². The smallest absolute Gasteiger partial charge is 0.265 e. The lowest BCUT2D eigenvalue weighted by Gasteiger charge is -2.41. The van der Waals surface area contributed by atoms with Crippen LogP contribution in [0.15, 0.2) is 82.6 Å². The third-order valence-electron chi connectivity index (χ3n) is 10.8. The van der Waals surface area contributed by atoms with Crippen molar-refractivity contribution in [3.63, 3.8) is 0 Å². The number of benzene rings is 3. The van der Waals surface area contributed by atoms with Crippen LogP contribution >= 0.6 is 0 Å². The van der Waals surface area contributed by atoms with Crippen molar-refractivity contribution in [3.05, 3.63) is 117 Å². The van der Waals surface area contributed by atoms with Crippen molar-refractivity contribution in [2.45, 2.75) is 58.3 Å². The molecule has 9 nitrogen and oxygen atoms in total. The third-order valence-corrected chi connectivity index (χ3v) is 10.8. The van der Waals surface area contributed by atoms with E-state index >= 15 is 0 Å². The van der Waals surface area contributed by atoms with E-state index in [1.807, 2.05) is 66.7 Å². The summed E-state index contributed by atoms with van der Waals surface area (Å²) in [6, 6.07) is 21.6. The normalized spacial score (nSPS) is 23.1. The van der Waals surface area contributed by atoms with Crippen LogP contribution in [0, 0.1) is 17.8 Å². The largest absolute Gasteiger partial charge is 0.511 e. The van der Waals surface area contributed by atoms with Crippen molar-refractivity contribution >= 4 is 11.6 Å². The summed E-state index contributed by atoms with van der Waals surface area (Å²) in [5.41, 5.74) is 4.71. The van der Waals surface area contributed by atoms with Gasteiger partial charge in [0.25, 0.3) is 5.88 Å². The van der Waals surface area contributed by atoms with E-state index in [0.29, 0.717) is 41.9 Å². The fraction of sp³-hybridized carbons (Fsp3) is 0.375. The maximum atomic E-state index is 14.7. The molecule has 0 saturated carbocycles. The number of aliphatic hydroxyl groups excluding tert-OH is 1. The quantitative estimate of drug-likeness (QED) is 0.199. The lowest BCUT2D eigenvalue weighted by atomic mass is 9.62. The highest BCUT2D eigenvalue weighted by atomic mass is 16.5. The Balaban J connectivity index is 1.18. The van der Waals surface area contributed by atoms with Crippen LogP contribution in [0.3, 0.4) is 0 Å². The lowest BCUT2D eigenvalue weighted by molar-refractivity contribution is 0.0762. The molecule has 1 aromatic heterocycles. The first-order chi connectivity index (χ1) is 24.0. The van der Waals surface area contributed by atoms with Crippen LogP contribution in [0.25, 0.3) is 0 Å². The van der Waals surface area contributed by atoms with Gasteiger partial charge in [-0.2, -0.15) is 0 Å². The van der Waals surface area contributed by atoms with E-state index in [9.17, 15) is 14.7 Å². The van der Waals surface area contributed by atoms with Crippen molar-refractivity contribution in [1.82, 2.24) is 10.1 Å². The average molecular weight is 661 g/mol. The van der Waals surface area contributed by atoms with Gasteiger partial charge in [0.1, 0.15) is 36.0 Å². The number of hydrogen-bond donors (Lipinski definition) is 1. The summed E-state index contributed by atoms with van der Waals surface area (Å²) in [6.07, 6.45) is 3.52.